The summed E-state index contributed by atoms with van der Waals surface area (Å²) < 4.78 is 36.7. The zero-order valence-electron chi connectivity index (χ0n) is 21.0. The van der Waals surface area contributed by atoms with E-state index in [-0.39, 0.29) is 0 Å². The van der Waals surface area contributed by atoms with Crippen molar-refractivity contribution in [2.75, 3.05) is 51.1 Å². The number of hydrogen-bond donors (Lipinski definition) is 2. The molecule has 1 unspecified atom stereocenters. The van der Waals surface area contributed by atoms with Gasteiger partial charge in [-0.05, 0) is 67.7 Å². The summed E-state index contributed by atoms with van der Waals surface area (Å²) in [6.07, 6.45) is 4.70. The summed E-state index contributed by atoms with van der Waals surface area (Å²) in [5, 5.41) is 6.43. The van der Waals surface area contributed by atoms with E-state index in [1.807, 2.05) is 24.3 Å². The maximum absolute atomic E-state index is 11.9. The number of nitrogens with one attached hydrogen (secondary N) is 2. The van der Waals surface area contributed by atoms with Crippen molar-refractivity contribution in [2.24, 2.45) is 0 Å². The summed E-state index contributed by atoms with van der Waals surface area (Å²) in [6, 6.07) is 14.0. The normalized spacial score (nSPS) is 14.4. The van der Waals surface area contributed by atoms with Crippen molar-refractivity contribution in [1.29, 1.82) is 0 Å². The Balaban J connectivity index is 1.22. The van der Waals surface area contributed by atoms with Crippen LogP contribution in [0.5, 0.6) is 17.2 Å². The van der Waals surface area contributed by atoms with E-state index in [4.69, 9.17) is 14.2 Å². The van der Waals surface area contributed by atoms with Gasteiger partial charge in [0.15, 0.2) is 22.6 Å². The Morgan fingerprint density at radius 3 is 2.47 bits per heavy atom. The number of benzene rings is 2. The third-order valence-corrected chi connectivity index (χ3v) is 6.78. The van der Waals surface area contributed by atoms with Crippen LogP contribution in [0, 0.1) is 0 Å². The molecule has 0 radical (unpaired) electrons. The number of aromatic nitrogens is 2. The molecule has 194 valence electrons. The Morgan fingerprint density at radius 1 is 0.917 bits per heavy atom. The lowest BCUT2D eigenvalue weighted by Crippen LogP contribution is -2.29. The van der Waals surface area contributed by atoms with Crippen LogP contribution in [0.15, 0.2) is 42.5 Å². The van der Waals surface area contributed by atoms with Crippen LogP contribution in [0.25, 0.3) is 0 Å². The molecule has 0 saturated carbocycles. The zero-order chi connectivity index (χ0) is 25.2. The molecule has 4 rings (SSSR count). The Hall–Kier alpha value is -3.08. The van der Waals surface area contributed by atoms with Gasteiger partial charge in [-0.3, -0.25) is 4.90 Å². The number of rotatable bonds is 13. The minimum absolute atomic E-state index is 0.480. The molecular weight excluding hydrogens is 478 g/mol. The molecule has 1 aromatic heterocycles. The predicted molar refractivity (Wildman–Crippen MR) is 142 cm³/mol. The summed E-state index contributed by atoms with van der Waals surface area (Å²) in [4.78, 5) is 2.51. The van der Waals surface area contributed by atoms with Crippen LogP contribution >= 0.6 is 11.1 Å². The van der Waals surface area contributed by atoms with Crippen molar-refractivity contribution in [3.63, 3.8) is 0 Å². The van der Waals surface area contributed by atoms with E-state index >= 15 is 0 Å². The van der Waals surface area contributed by atoms with E-state index in [1.54, 1.807) is 14.2 Å². The molecule has 3 aromatic rings. The van der Waals surface area contributed by atoms with Gasteiger partial charge in [-0.25, -0.2) is 0 Å². The lowest BCUT2D eigenvalue weighted by molar-refractivity contribution is 0.220. The van der Waals surface area contributed by atoms with Gasteiger partial charge in [0.25, 0.3) is 0 Å². The molecule has 36 heavy (non-hydrogen) atoms. The first-order chi connectivity index (χ1) is 17.6. The molecule has 0 aliphatic carbocycles. The van der Waals surface area contributed by atoms with Crippen LogP contribution < -0.4 is 24.8 Å². The van der Waals surface area contributed by atoms with Gasteiger partial charge in [-0.2, -0.15) is 0 Å². The molecular formula is C26H35N5O4S. The highest BCUT2D eigenvalue weighted by molar-refractivity contribution is 7.14. The number of nitrogens with zero attached hydrogens (tertiary/aromatic N) is 3. The average molecular weight is 514 g/mol. The van der Waals surface area contributed by atoms with Crippen molar-refractivity contribution in [3.05, 3.63) is 53.6 Å². The van der Waals surface area contributed by atoms with E-state index < -0.39 is 11.1 Å². The molecule has 10 heteroatoms. The van der Waals surface area contributed by atoms with Crippen molar-refractivity contribution in [1.82, 2.24) is 13.6 Å². The first kappa shape index (κ1) is 26.0. The Labute approximate surface area is 215 Å². The Bertz CT molecular complexity index is 1100. The second-order valence-corrected chi connectivity index (χ2v) is 9.59. The molecule has 0 bridgehead atoms. The predicted octanol–water partition coefficient (Wildman–Crippen LogP) is 4.70. The molecule has 0 spiro atoms. The fraction of sp³-hybridized carbons (Fsp3) is 0.462. The molecule has 0 amide bonds. The van der Waals surface area contributed by atoms with Crippen LogP contribution in [0.4, 0.5) is 11.6 Å². The maximum Gasteiger partial charge on any atom is 0.233 e. The summed E-state index contributed by atoms with van der Waals surface area (Å²) in [5.41, 5.74) is 2.26. The number of hydrogen-bond acceptors (Lipinski definition) is 9. The van der Waals surface area contributed by atoms with Gasteiger partial charge >= 0.3 is 0 Å². The van der Waals surface area contributed by atoms with E-state index in [0.717, 1.165) is 24.3 Å². The molecule has 9 nitrogen and oxygen atoms in total. The first-order valence-electron chi connectivity index (χ1n) is 12.4. The summed E-state index contributed by atoms with van der Waals surface area (Å²) in [5.74, 6) is 3.19. The van der Waals surface area contributed by atoms with Crippen molar-refractivity contribution in [3.8, 4) is 17.2 Å². The smallest absolute Gasteiger partial charge is 0.233 e. The van der Waals surface area contributed by atoms with Crippen LogP contribution in [-0.4, -0.2) is 58.7 Å². The molecule has 1 saturated heterocycles. The van der Waals surface area contributed by atoms with Crippen molar-refractivity contribution < 1.29 is 18.8 Å². The molecule has 1 atom stereocenters. The average Bonchev–Trinajstić information content (AvgIpc) is 3.26. The van der Waals surface area contributed by atoms with Gasteiger partial charge in [-0.1, -0.05) is 24.6 Å². The van der Waals surface area contributed by atoms with Gasteiger partial charge in [0, 0.05) is 28.4 Å². The summed E-state index contributed by atoms with van der Waals surface area (Å²) >= 11 is -1.62. The molecule has 1 fully saturated rings. The Morgan fingerprint density at radius 2 is 1.69 bits per heavy atom. The Kier molecular flexibility index (Phi) is 9.60. The maximum atomic E-state index is 11.9. The highest BCUT2D eigenvalue weighted by Crippen LogP contribution is 2.29. The molecule has 2 N–H and O–H groups in total. The van der Waals surface area contributed by atoms with Gasteiger partial charge < -0.3 is 29.4 Å². The highest BCUT2D eigenvalue weighted by Gasteiger charge is 2.16. The van der Waals surface area contributed by atoms with Gasteiger partial charge in [0.1, 0.15) is 5.75 Å². The van der Waals surface area contributed by atoms with Crippen LogP contribution in [0.1, 0.15) is 36.8 Å². The summed E-state index contributed by atoms with van der Waals surface area (Å²) in [7, 11) is 3.20. The lowest BCUT2D eigenvalue weighted by Gasteiger charge is -2.26. The minimum atomic E-state index is -1.62. The zero-order valence-corrected chi connectivity index (χ0v) is 21.8. The minimum Gasteiger partial charge on any atom is -0.546 e. The molecule has 2 heterocycles. The highest BCUT2D eigenvalue weighted by atomic mass is 32.2. The van der Waals surface area contributed by atoms with Crippen LogP contribution in [0.3, 0.4) is 0 Å². The summed E-state index contributed by atoms with van der Waals surface area (Å²) in [6.45, 7) is 5.02. The number of methoxy groups -OCH3 is 2. The molecule has 1 aliphatic rings. The number of ether oxygens (including phenoxy) is 3. The third-order valence-electron chi connectivity index (χ3n) is 6.11. The van der Waals surface area contributed by atoms with Gasteiger partial charge in [0.2, 0.25) is 11.6 Å². The monoisotopic (exact) mass is 513 g/mol. The van der Waals surface area contributed by atoms with E-state index in [2.05, 4.69) is 42.5 Å². The van der Waals surface area contributed by atoms with E-state index in [0.29, 0.717) is 42.8 Å². The lowest BCUT2D eigenvalue weighted by atomic mass is 10.1. The number of likely N-dealkylation sites (tertiary alicyclic amines) is 1. The third kappa shape index (κ3) is 7.46. The fourth-order valence-corrected chi connectivity index (χ4v) is 4.90. The topological polar surface area (TPSA) is 104 Å². The van der Waals surface area contributed by atoms with Crippen LogP contribution in [-0.2, 0) is 13.1 Å². The van der Waals surface area contributed by atoms with E-state index in [9.17, 15) is 4.55 Å². The quantitative estimate of drug-likeness (QED) is 0.249. The number of anilines is 2. The number of piperidine rings is 1. The largest absolute Gasteiger partial charge is 0.546 e. The van der Waals surface area contributed by atoms with E-state index in [1.165, 1.54) is 37.9 Å². The van der Waals surface area contributed by atoms with Crippen molar-refractivity contribution >= 4 is 22.8 Å². The standard InChI is InChI=1S/C26H35N5O4S/c1-33-23-11-10-20(17-24(23)34-2)18-28-26-25(29-36(32)30-26)27-12-7-15-35-22-9-6-8-21(16-22)19-31-13-4-3-5-14-31/h6,8-11,16-17H,3-5,7,12-15,18-19H2,1-2H3,(H,27,29)(H,28,30). The SMILES string of the molecule is COc1ccc(CNc2n[s+]([O-])nc2NCCCOc2cccc(CN3CCCCC3)c2)cc1OC. The second kappa shape index (κ2) is 13.3. The van der Waals surface area contributed by atoms with Crippen molar-refractivity contribution in [2.45, 2.75) is 38.8 Å². The first-order valence-corrected chi connectivity index (χ1v) is 13.4. The van der Waals surface area contributed by atoms with Gasteiger partial charge in [0.05, 0.1) is 20.8 Å². The molecule has 1 aliphatic heterocycles. The van der Waals surface area contributed by atoms with Crippen LogP contribution in [0.2, 0.25) is 0 Å². The molecule has 2 aromatic carbocycles. The fourth-order valence-electron chi connectivity index (χ4n) is 4.25. The van der Waals surface area contributed by atoms with Gasteiger partial charge in [-0.15, -0.1) is 0 Å². The second-order valence-electron chi connectivity index (χ2n) is 8.77.